The van der Waals surface area contributed by atoms with Gasteiger partial charge in [0, 0.05) is 12.5 Å². The highest BCUT2D eigenvalue weighted by Gasteiger charge is 2.13. The summed E-state index contributed by atoms with van der Waals surface area (Å²) in [4.78, 5) is 0. The van der Waals surface area contributed by atoms with E-state index in [0.29, 0.717) is 5.95 Å². The summed E-state index contributed by atoms with van der Waals surface area (Å²) in [6, 6.07) is 0. The Bertz CT molecular complexity index is 145. The van der Waals surface area contributed by atoms with Gasteiger partial charge in [0.25, 0.3) is 5.95 Å². The molecule has 0 unspecified atom stereocenters. The molecule has 1 fully saturated rings. The first-order valence-electron chi connectivity index (χ1n) is 4.06. The molecule has 1 saturated heterocycles. The molecule has 0 atom stereocenters. The van der Waals surface area contributed by atoms with Crippen LogP contribution in [0.25, 0.3) is 0 Å². The van der Waals surface area contributed by atoms with E-state index in [-0.39, 0.29) is 5.41 Å². The summed E-state index contributed by atoms with van der Waals surface area (Å²) in [7, 11) is 0. The van der Waals surface area contributed by atoms with E-state index in [2.05, 4.69) is 20.8 Å². The second kappa shape index (κ2) is 3.16. The van der Waals surface area contributed by atoms with Gasteiger partial charge in [-0.2, -0.15) is 0 Å². The predicted molar refractivity (Wildman–Crippen MR) is 44.1 cm³/mol. The number of hydrogen-bond acceptors (Lipinski definition) is 2. The van der Waals surface area contributed by atoms with E-state index in [0.717, 1.165) is 19.6 Å². The minimum atomic E-state index is 0.146. The maximum Gasteiger partial charge on any atom is 0.275 e. The van der Waals surface area contributed by atoms with Crippen molar-refractivity contribution in [2.24, 2.45) is 5.41 Å². The molecular weight excluding hydrogens is 140 g/mol. The topological polar surface area (TPSA) is 18.5 Å². The second-order valence-corrected chi connectivity index (χ2v) is 3.88. The first-order valence-corrected chi connectivity index (χ1v) is 4.06. The summed E-state index contributed by atoms with van der Waals surface area (Å²) in [6.45, 7) is 7.97. The Morgan fingerprint density at radius 1 is 1.18 bits per heavy atom. The van der Waals surface area contributed by atoms with Crippen LogP contribution < -0.4 is 0 Å². The largest absolute Gasteiger partial charge is 0.466 e. The van der Waals surface area contributed by atoms with E-state index in [1.165, 1.54) is 0 Å². The molecule has 1 rings (SSSR count). The molecule has 0 N–H and O–H groups in total. The minimum Gasteiger partial charge on any atom is -0.466 e. The van der Waals surface area contributed by atoms with Gasteiger partial charge in [-0.05, 0) is 5.41 Å². The Morgan fingerprint density at radius 2 is 1.73 bits per heavy atom. The van der Waals surface area contributed by atoms with Crippen LogP contribution in [0.1, 0.15) is 27.2 Å². The van der Waals surface area contributed by atoms with Gasteiger partial charge in [-0.25, -0.2) is 0 Å². The van der Waals surface area contributed by atoms with Gasteiger partial charge >= 0.3 is 0 Å². The number of allylic oxidation sites excluding steroid dienone is 1. The van der Waals surface area contributed by atoms with Crippen molar-refractivity contribution in [1.29, 1.82) is 0 Å². The third kappa shape index (κ3) is 3.30. The summed E-state index contributed by atoms with van der Waals surface area (Å²) in [5, 5.41) is 0. The van der Waals surface area contributed by atoms with Gasteiger partial charge in [0.05, 0.1) is 13.2 Å². The fourth-order valence-electron chi connectivity index (χ4n) is 0.883. The summed E-state index contributed by atoms with van der Waals surface area (Å²) in [6.07, 6.45) is 3.02. The normalized spacial score (nSPS) is 18.6. The van der Waals surface area contributed by atoms with Crippen LogP contribution in [0.3, 0.4) is 0 Å². The fraction of sp³-hybridized carbons (Fsp3) is 0.778. The van der Waals surface area contributed by atoms with Crippen LogP contribution in [0.15, 0.2) is 12.0 Å². The van der Waals surface area contributed by atoms with Gasteiger partial charge in [-0.3, -0.25) is 0 Å². The highest BCUT2D eigenvalue weighted by Crippen LogP contribution is 2.20. The Labute approximate surface area is 68.2 Å². The van der Waals surface area contributed by atoms with Gasteiger partial charge in [0.15, 0.2) is 0 Å². The maximum atomic E-state index is 5.29. The van der Waals surface area contributed by atoms with Crippen molar-refractivity contribution in [3.8, 4) is 0 Å². The monoisotopic (exact) mass is 156 g/mol. The molecule has 0 radical (unpaired) electrons. The molecule has 0 amide bonds. The molecule has 0 spiro atoms. The van der Waals surface area contributed by atoms with E-state index >= 15 is 0 Å². The quantitative estimate of drug-likeness (QED) is 0.536. The van der Waals surface area contributed by atoms with Crippen molar-refractivity contribution in [3.63, 3.8) is 0 Å². The van der Waals surface area contributed by atoms with E-state index < -0.39 is 0 Å². The third-order valence-electron chi connectivity index (χ3n) is 1.33. The lowest BCUT2D eigenvalue weighted by atomic mass is 9.97. The molecule has 0 saturated carbocycles. The molecular formula is C9H16O2. The van der Waals surface area contributed by atoms with Gasteiger partial charge in [-0.1, -0.05) is 20.8 Å². The summed E-state index contributed by atoms with van der Waals surface area (Å²) in [5.74, 6) is 0.698. The molecule has 0 aromatic heterocycles. The molecule has 11 heavy (non-hydrogen) atoms. The fourth-order valence-corrected chi connectivity index (χ4v) is 0.883. The predicted octanol–water partition coefficient (Wildman–Crippen LogP) is 2.31. The lowest BCUT2D eigenvalue weighted by Gasteiger charge is -2.20. The third-order valence-corrected chi connectivity index (χ3v) is 1.33. The summed E-state index contributed by atoms with van der Waals surface area (Å²) in [5.41, 5.74) is 0.146. The van der Waals surface area contributed by atoms with Crippen molar-refractivity contribution >= 4 is 0 Å². The number of rotatable bonds is 0. The number of hydrogen-bond donors (Lipinski definition) is 0. The average Bonchev–Trinajstić information content (AvgIpc) is 1.85. The summed E-state index contributed by atoms with van der Waals surface area (Å²) < 4.78 is 10.6. The standard InChI is InChI=1S/C9H16O2/c1-9(2,3)7-8-10-5-4-6-11-8/h7H,4-6H2,1-3H3. The van der Waals surface area contributed by atoms with Crippen molar-refractivity contribution in [2.75, 3.05) is 13.2 Å². The van der Waals surface area contributed by atoms with Crippen LogP contribution in [0.4, 0.5) is 0 Å². The molecule has 2 heteroatoms. The zero-order valence-corrected chi connectivity index (χ0v) is 7.52. The lowest BCUT2D eigenvalue weighted by Crippen LogP contribution is -2.13. The van der Waals surface area contributed by atoms with E-state index in [9.17, 15) is 0 Å². The van der Waals surface area contributed by atoms with Crippen LogP contribution in [0.2, 0.25) is 0 Å². The molecule has 2 nitrogen and oxygen atoms in total. The number of ether oxygens (including phenoxy) is 2. The molecule has 1 heterocycles. The van der Waals surface area contributed by atoms with Crippen LogP contribution in [0.5, 0.6) is 0 Å². The smallest absolute Gasteiger partial charge is 0.275 e. The Balaban J connectivity index is 2.50. The maximum absolute atomic E-state index is 5.29. The van der Waals surface area contributed by atoms with Gasteiger partial charge < -0.3 is 9.47 Å². The van der Waals surface area contributed by atoms with Crippen LogP contribution in [0, 0.1) is 5.41 Å². The first kappa shape index (κ1) is 8.44. The Morgan fingerprint density at radius 3 is 2.18 bits per heavy atom. The van der Waals surface area contributed by atoms with Gasteiger partial charge in [-0.15, -0.1) is 0 Å². The van der Waals surface area contributed by atoms with Crippen molar-refractivity contribution in [1.82, 2.24) is 0 Å². The molecule has 0 bridgehead atoms. The van der Waals surface area contributed by atoms with Crippen molar-refractivity contribution in [2.45, 2.75) is 27.2 Å². The zero-order valence-electron chi connectivity index (χ0n) is 7.52. The Kier molecular flexibility index (Phi) is 2.42. The molecule has 1 aliphatic rings. The van der Waals surface area contributed by atoms with Crippen LogP contribution >= 0.6 is 0 Å². The lowest BCUT2D eigenvalue weighted by molar-refractivity contribution is -0.0169. The van der Waals surface area contributed by atoms with Crippen LogP contribution in [-0.2, 0) is 9.47 Å². The highest BCUT2D eigenvalue weighted by molar-refractivity contribution is 4.94. The van der Waals surface area contributed by atoms with Crippen molar-refractivity contribution < 1.29 is 9.47 Å². The minimum absolute atomic E-state index is 0.146. The van der Waals surface area contributed by atoms with Crippen LogP contribution in [-0.4, -0.2) is 13.2 Å². The zero-order chi connectivity index (χ0) is 8.32. The summed E-state index contributed by atoms with van der Waals surface area (Å²) >= 11 is 0. The average molecular weight is 156 g/mol. The Hall–Kier alpha value is -0.660. The van der Waals surface area contributed by atoms with E-state index in [1.54, 1.807) is 0 Å². The molecule has 64 valence electrons. The van der Waals surface area contributed by atoms with E-state index in [4.69, 9.17) is 9.47 Å². The van der Waals surface area contributed by atoms with Crippen molar-refractivity contribution in [3.05, 3.63) is 12.0 Å². The van der Waals surface area contributed by atoms with Gasteiger partial charge in [0.1, 0.15) is 0 Å². The highest BCUT2D eigenvalue weighted by atomic mass is 16.7. The molecule has 0 aliphatic carbocycles. The second-order valence-electron chi connectivity index (χ2n) is 3.88. The molecule has 0 aromatic carbocycles. The molecule has 0 aromatic rings. The van der Waals surface area contributed by atoms with E-state index in [1.807, 2.05) is 6.08 Å². The first-order chi connectivity index (χ1) is 5.08. The SMILES string of the molecule is CC(C)(C)C=C1OCCCO1. The van der Waals surface area contributed by atoms with Gasteiger partial charge in [0.2, 0.25) is 0 Å². The molecule has 1 aliphatic heterocycles.